The number of rotatable bonds is 1. The van der Waals surface area contributed by atoms with Gasteiger partial charge < -0.3 is 4.90 Å². The van der Waals surface area contributed by atoms with Crippen LogP contribution < -0.4 is 4.90 Å². The Labute approximate surface area is 104 Å². The van der Waals surface area contributed by atoms with Gasteiger partial charge in [0.05, 0.1) is 15.7 Å². The van der Waals surface area contributed by atoms with Gasteiger partial charge in [-0.1, -0.05) is 29.3 Å². The minimum atomic E-state index is -0.0557. The second kappa shape index (κ2) is 4.37. The molecule has 0 N–H and O–H groups in total. The summed E-state index contributed by atoms with van der Waals surface area (Å²) in [5.41, 5.74) is 0.564. The quantitative estimate of drug-likeness (QED) is 0.705. The molecule has 1 aliphatic rings. The third-order valence-corrected chi connectivity index (χ3v) is 3.18. The Kier molecular flexibility index (Phi) is 3.09. The summed E-state index contributed by atoms with van der Waals surface area (Å²) >= 11 is 12.1. The number of amides is 1. The molecular weight excluding hydrogens is 245 g/mol. The van der Waals surface area contributed by atoms with Gasteiger partial charge in [-0.25, -0.2) is 0 Å². The van der Waals surface area contributed by atoms with Crippen molar-refractivity contribution < 1.29 is 4.79 Å². The average Bonchev–Trinajstić information content (AvgIpc) is 2.60. The predicted molar refractivity (Wildman–Crippen MR) is 65.8 cm³/mol. The molecule has 1 heterocycles. The molecule has 16 heavy (non-hydrogen) atoms. The molecule has 0 aliphatic carbocycles. The summed E-state index contributed by atoms with van der Waals surface area (Å²) < 4.78 is 0. The number of anilines is 1. The van der Waals surface area contributed by atoms with E-state index in [1.54, 1.807) is 23.1 Å². The molecule has 0 radical (unpaired) electrons. The summed E-state index contributed by atoms with van der Waals surface area (Å²) in [6.45, 7) is 0.485. The third kappa shape index (κ3) is 1.89. The van der Waals surface area contributed by atoms with Crippen LogP contribution >= 0.6 is 23.2 Å². The van der Waals surface area contributed by atoms with Crippen molar-refractivity contribution in [2.24, 2.45) is 5.92 Å². The topological polar surface area (TPSA) is 20.3 Å². The SMILES string of the molecule is C#CC1CC(=O)N(c2c(Cl)cccc2Cl)C1. The van der Waals surface area contributed by atoms with E-state index in [9.17, 15) is 4.79 Å². The second-order valence-electron chi connectivity index (χ2n) is 3.64. The molecule has 0 saturated carbocycles. The zero-order valence-corrected chi connectivity index (χ0v) is 9.92. The first kappa shape index (κ1) is 11.3. The fourth-order valence-corrected chi connectivity index (χ4v) is 2.38. The van der Waals surface area contributed by atoms with E-state index in [0.29, 0.717) is 28.7 Å². The van der Waals surface area contributed by atoms with Crippen molar-refractivity contribution in [3.63, 3.8) is 0 Å². The summed E-state index contributed by atoms with van der Waals surface area (Å²) in [7, 11) is 0. The van der Waals surface area contributed by atoms with Crippen LogP contribution in [0.2, 0.25) is 10.0 Å². The van der Waals surface area contributed by atoms with Crippen molar-refractivity contribution in [2.45, 2.75) is 6.42 Å². The van der Waals surface area contributed by atoms with E-state index in [4.69, 9.17) is 29.6 Å². The highest BCUT2D eigenvalue weighted by molar-refractivity contribution is 6.40. The summed E-state index contributed by atoms with van der Waals surface area (Å²) in [6.07, 6.45) is 5.68. The number of halogens is 2. The summed E-state index contributed by atoms with van der Waals surface area (Å²) in [4.78, 5) is 13.3. The minimum absolute atomic E-state index is 0.0297. The van der Waals surface area contributed by atoms with Crippen molar-refractivity contribution in [1.29, 1.82) is 0 Å². The molecule has 1 aromatic rings. The number of hydrogen-bond acceptors (Lipinski definition) is 1. The first-order valence-corrected chi connectivity index (χ1v) is 5.59. The van der Waals surface area contributed by atoms with Crippen molar-refractivity contribution >= 4 is 34.8 Å². The van der Waals surface area contributed by atoms with E-state index in [1.165, 1.54) is 0 Å². The Hall–Kier alpha value is -1.17. The smallest absolute Gasteiger partial charge is 0.228 e. The number of carbonyl (C=O) groups excluding carboxylic acids is 1. The van der Waals surface area contributed by atoms with E-state index in [1.807, 2.05) is 0 Å². The van der Waals surface area contributed by atoms with Crippen LogP contribution in [0.5, 0.6) is 0 Å². The van der Waals surface area contributed by atoms with E-state index < -0.39 is 0 Å². The van der Waals surface area contributed by atoms with Crippen LogP contribution in [-0.2, 0) is 4.79 Å². The number of carbonyl (C=O) groups is 1. The van der Waals surface area contributed by atoms with Gasteiger partial charge in [0.15, 0.2) is 0 Å². The summed E-state index contributed by atoms with van der Waals surface area (Å²) in [5, 5.41) is 0.942. The van der Waals surface area contributed by atoms with Crippen molar-refractivity contribution in [3.8, 4) is 12.3 Å². The maximum Gasteiger partial charge on any atom is 0.228 e. The Morgan fingerprint density at radius 1 is 1.38 bits per heavy atom. The van der Waals surface area contributed by atoms with Gasteiger partial charge in [-0.05, 0) is 12.1 Å². The van der Waals surface area contributed by atoms with Gasteiger partial charge in [0.25, 0.3) is 0 Å². The van der Waals surface area contributed by atoms with Crippen LogP contribution in [0.15, 0.2) is 18.2 Å². The number of hydrogen-bond donors (Lipinski definition) is 0. The molecule has 1 aromatic carbocycles. The predicted octanol–water partition coefficient (Wildman–Crippen LogP) is 2.98. The van der Waals surface area contributed by atoms with Gasteiger partial charge in [-0.2, -0.15) is 0 Å². The average molecular weight is 254 g/mol. The molecule has 1 aliphatic heterocycles. The van der Waals surface area contributed by atoms with Crippen molar-refractivity contribution in [3.05, 3.63) is 28.2 Å². The van der Waals surface area contributed by atoms with Crippen molar-refractivity contribution in [2.75, 3.05) is 11.4 Å². The van der Waals surface area contributed by atoms with Crippen LogP contribution in [0.3, 0.4) is 0 Å². The number of terminal acetylenes is 1. The standard InChI is InChI=1S/C12H9Cl2NO/c1-2-8-6-11(16)15(7-8)12-9(13)4-3-5-10(12)14/h1,3-5,8H,6-7H2. The third-order valence-electron chi connectivity index (χ3n) is 2.57. The molecule has 2 nitrogen and oxygen atoms in total. The fourth-order valence-electron chi connectivity index (χ4n) is 1.78. The monoisotopic (exact) mass is 253 g/mol. The lowest BCUT2D eigenvalue weighted by atomic mass is 10.1. The lowest BCUT2D eigenvalue weighted by Crippen LogP contribution is -2.25. The van der Waals surface area contributed by atoms with Crippen LogP contribution in [0.1, 0.15) is 6.42 Å². The molecule has 1 fully saturated rings. The molecule has 82 valence electrons. The molecule has 4 heteroatoms. The zero-order chi connectivity index (χ0) is 11.7. The molecule has 2 rings (SSSR count). The fraction of sp³-hybridized carbons (Fsp3) is 0.250. The highest BCUT2D eigenvalue weighted by Gasteiger charge is 2.31. The van der Waals surface area contributed by atoms with E-state index in [2.05, 4.69) is 5.92 Å². The lowest BCUT2D eigenvalue weighted by Gasteiger charge is -2.18. The first-order chi connectivity index (χ1) is 7.63. The van der Waals surface area contributed by atoms with Gasteiger partial charge in [0, 0.05) is 18.9 Å². The molecule has 0 bridgehead atoms. The number of nitrogens with zero attached hydrogens (tertiary/aromatic N) is 1. The molecule has 1 unspecified atom stereocenters. The Morgan fingerprint density at radius 3 is 2.50 bits per heavy atom. The highest BCUT2D eigenvalue weighted by atomic mass is 35.5. The molecule has 0 aromatic heterocycles. The lowest BCUT2D eigenvalue weighted by molar-refractivity contribution is -0.117. The van der Waals surface area contributed by atoms with Gasteiger partial charge in [0.1, 0.15) is 0 Å². The first-order valence-electron chi connectivity index (χ1n) is 4.84. The van der Waals surface area contributed by atoms with Gasteiger partial charge in [0.2, 0.25) is 5.91 Å². The Morgan fingerprint density at radius 2 is 2.00 bits per heavy atom. The van der Waals surface area contributed by atoms with Crippen LogP contribution in [0.25, 0.3) is 0 Å². The number of para-hydroxylation sites is 1. The molecular formula is C12H9Cl2NO. The normalized spacial score (nSPS) is 19.9. The molecule has 0 spiro atoms. The maximum atomic E-state index is 11.8. The van der Waals surface area contributed by atoms with E-state index in [-0.39, 0.29) is 11.8 Å². The summed E-state index contributed by atoms with van der Waals surface area (Å²) in [6, 6.07) is 5.16. The second-order valence-corrected chi connectivity index (χ2v) is 4.46. The van der Waals surface area contributed by atoms with Gasteiger partial charge in [-0.15, -0.1) is 12.3 Å². The largest absolute Gasteiger partial charge is 0.308 e. The highest BCUT2D eigenvalue weighted by Crippen LogP contribution is 2.36. The summed E-state index contributed by atoms with van der Waals surface area (Å²) in [5.74, 6) is 2.50. The van der Waals surface area contributed by atoms with E-state index >= 15 is 0 Å². The maximum absolute atomic E-state index is 11.8. The van der Waals surface area contributed by atoms with Crippen molar-refractivity contribution in [1.82, 2.24) is 0 Å². The minimum Gasteiger partial charge on any atom is -0.308 e. The molecule has 1 atom stereocenters. The van der Waals surface area contributed by atoms with Crippen LogP contribution in [-0.4, -0.2) is 12.5 Å². The van der Waals surface area contributed by atoms with Crippen LogP contribution in [0.4, 0.5) is 5.69 Å². The van der Waals surface area contributed by atoms with Gasteiger partial charge >= 0.3 is 0 Å². The number of benzene rings is 1. The molecule has 1 saturated heterocycles. The zero-order valence-electron chi connectivity index (χ0n) is 8.41. The van der Waals surface area contributed by atoms with Crippen LogP contribution in [0, 0.1) is 18.3 Å². The Bertz CT molecular complexity index is 458. The van der Waals surface area contributed by atoms with E-state index in [0.717, 1.165) is 0 Å². The Balaban J connectivity index is 2.39. The molecule has 1 amide bonds. The van der Waals surface area contributed by atoms with Gasteiger partial charge in [-0.3, -0.25) is 4.79 Å².